The van der Waals surface area contributed by atoms with Gasteiger partial charge < -0.3 is 106 Å². The van der Waals surface area contributed by atoms with Crippen LogP contribution in [0.1, 0.15) is 129 Å². The normalized spacial score (nSPS) is 14.5. The van der Waals surface area contributed by atoms with E-state index in [-0.39, 0.29) is 36.5 Å². The molecule has 0 bridgehead atoms. The number of hydrogen-bond donors (Lipinski definition) is 20. The van der Waals surface area contributed by atoms with Gasteiger partial charge in [-0.2, -0.15) is 0 Å². The molecule has 2 aromatic rings. The summed E-state index contributed by atoms with van der Waals surface area (Å²) in [6, 6.07) is -6.15. The second kappa shape index (κ2) is 43.9. The average molecular weight is 1440 g/mol. The zero-order valence-corrected chi connectivity index (χ0v) is 56.6. The third-order valence-electron chi connectivity index (χ3n) is 15.4. The first-order chi connectivity index (χ1) is 47.8. The molecule has 38 nitrogen and oxygen atoms in total. The van der Waals surface area contributed by atoms with Gasteiger partial charge in [0.05, 0.1) is 13.0 Å². The molecule has 0 radical (unpaired) electrons. The molecule has 0 unspecified atom stereocenters. The number of carbonyl (C=O) groups is 18. The fourth-order valence-corrected chi connectivity index (χ4v) is 9.69. The van der Waals surface area contributed by atoms with Crippen LogP contribution >= 0.6 is 0 Å². The summed E-state index contributed by atoms with van der Waals surface area (Å²) in [5.74, 6) is -24.1. The molecular weight excluding hydrogens is 1350 g/mol. The Hall–Kier alpha value is -11.3. The van der Waals surface area contributed by atoms with Gasteiger partial charge in [0, 0.05) is 44.9 Å². The van der Waals surface area contributed by atoms with Gasteiger partial charge in [-0.15, -0.1) is 0 Å². The number of phenolic OH excluding ortho intramolecular Hbond substituents is 1. The predicted molar refractivity (Wildman–Crippen MR) is 353 cm³/mol. The lowest BCUT2D eigenvalue weighted by Crippen LogP contribution is -2.61. The lowest BCUT2D eigenvalue weighted by molar-refractivity contribution is -0.143. The van der Waals surface area contributed by atoms with Crippen molar-refractivity contribution in [1.29, 1.82) is 0 Å². The van der Waals surface area contributed by atoms with Gasteiger partial charge >= 0.3 is 35.8 Å². The molecule has 0 aliphatic heterocycles. The van der Waals surface area contributed by atoms with Crippen molar-refractivity contribution >= 4 is 107 Å². The minimum absolute atomic E-state index is 0.105. The van der Waals surface area contributed by atoms with E-state index in [9.17, 15) is 122 Å². The number of rotatable bonds is 48. The Balaban J connectivity index is 2.52. The van der Waals surface area contributed by atoms with Gasteiger partial charge in [-0.25, -0.2) is 4.79 Å². The fourth-order valence-electron chi connectivity index (χ4n) is 9.69. The topological polar surface area (TPSA) is 633 Å². The summed E-state index contributed by atoms with van der Waals surface area (Å²) >= 11 is 0. The van der Waals surface area contributed by atoms with E-state index in [1.807, 2.05) is 0 Å². The molecule has 12 amide bonds. The number of hydrogen-bond acceptors (Lipinski definition) is 20. The molecular formula is C64H91N13O25. The van der Waals surface area contributed by atoms with Crippen LogP contribution in [0.4, 0.5) is 0 Å². The average Bonchev–Trinajstić information content (AvgIpc) is 0.760. The summed E-state index contributed by atoms with van der Waals surface area (Å²) in [5.41, 5.74) is 11.2. The quantitative estimate of drug-likeness (QED) is 0.0299. The van der Waals surface area contributed by atoms with Gasteiger partial charge in [0.1, 0.15) is 72.2 Å². The fraction of sp³-hybridized carbons (Fsp3) is 0.531. The highest BCUT2D eigenvalue weighted by molar-refractivity contribution is 6.00. The van der Waals surface area contributed by atoms with Crippen molar-refractivity contribution in [2.75, 3.05) is 6.54 Å². The van der Waals surface area contributed by atoms with Crippen molar-refractivity contribution in [3.8, 4) is 5.75 Å². The number of nitrogens with two attached hydrogens (primary N) is 2. The molecule has 38 heteroatoms. The molecule has 2 rings (SSSR count). The molecule has 0 spiro atoms. The van der Waals surface area contributed by atoms with Crippen LogP contribution in [0.25, 0.3) is 0 Å². The second-order valence-electron chi connectivity index (χ2n) is 24.3. The maximum atomic E-state index is 14.3. The van der Waals surface area contributed by atoms with E-state index in [1.165, 1.54) is 43.3 Å². The molecule has 0 aliphatic rings. The third-order valence-corrected chi connectivity index (χ3v) is 15.4. The van der Waals surface area contributed by atoms with Gasteiger partial charge in [0.2, 0.25) is 70.9 Å². The van der Waals surface area contributed by atoms with E-state index in [0.29, 0.717) is 5.56 Å². The summed E-state index contributed by atoms with van der Waals surface area (Å²) in [6.07, 6.45) is -8.72. The number of nitrogens with one attached hydrogen (secondary N) is 11. The molecule has 12 atom stereocenters. The molecule has 0 saturated heterocycles. The molecule has 22 N–H and O–H groups in total. The number of carboxylic acid groups (broad SMARTS) is 6. The Labute approximate surface area is 584 Å². The van der Waals surface area contributed by atoms with Crippen molar-refractivity contribution in [3.05, 3.63) is 65.7 Å². The van der Waals surface area contributed by atoms with Gasteiger partial charge in [0.15, 0.2) is 0 Å². The maximum absolute atomic E-state index is 14.3. The smallest absolute Gasteiger partial charge is 0.326 e. The highest BCUT2D eigenvalue weighted by Crippen LogP contribution is 2.16. The number of aliphatic carboxylic acids is 6. The van der Waals surface area contributed by atoms with Crippen molar-refractivity contribution in [2.45, 2.75) is 197 Å². The summed E-state index contributed by atoms with van der Waals surface area (Å²) < 4.78 is 0. The molecule has 0 fully saturated rings. The maximum Gasteiger partial charge on any atom is 0.326 e. The van der Waals surface area contributed by atoms with E-state index < -0.39 is 263 Å². The summed E-state index contributed by atoms with van der Waals surface area (Å²) in [7, 11) is 0. The van der Waals surface area contributed by atoms with Crippen molar-refractivity contribution in [3.63, 3.8) is 0 Å². The first-order valence-electron chi connectivity index (χ1n) is 32.3. The van der Waals surface area contributed by atoms with Gasteiger partial charge in [-0.1, -0.05) is 76.6 Å². The summed E-state index contributed by atoms with van der Waals surface area (Å²) in [4.78, 5) is 235. The minimum Gasteiger partial charge on any atom is -0.508 e. The Bertz CT molecular complexity index is 3320. The molecule has 0 heterocycles. The van der Waals surface area contributed by atoms with Gasteiger partial charge in [0.25, 0.3) is 0 Å². The number of phenols is 1. The first-order valence-corrected chi connectivity index (χ1v) is 32.3. The van der Waals surface area contributed by atoms with Crippen LogP contribution in [-0.4, -0.2) is 215 Å². The van der Waals surface area contributed by atoms with E-state index in [1.54, 1.807) is 39.0 Å². The van der Waals surface area contributed by atoms with Gasteiger partial charge in [-0.05, 0) is 80.5 Å². The zero-order valence-electron chi connectivity index (χ0n) is 56.6. The van der Waals surface area contributed by atoms with Crippen LogP contribution in [0, 0.1) is 11.8 Å². The number of benzene rings is 2. The van der Waals surface area contributed by atoms with E-state index in [4.69, 9.17) is 11.5 Å². The molecule has 0 aliphatic carbocycles. The van der Waals surface area contributed by atoms with E-state index >= 15 is 0 Å². The molecule has 102 heavy (non-hydrogen) atoms. The van der Waals surface area contributed by atoms with Crippen LogP contribution in [0.5, 0.6) is 5.75 Å². The zero-order chi connectivity index (χ0) is 77.1. The van der Waals surface area contributed by atoms with Crippen molar-refractivity contribution in [2.24, 2.45) is 23.3 Å². The first kappa shape index (κ1) is 86.7. The highest BCUT2D eigenvalue weighted by atomic mass is 16.4. The van der Waals surface area contributed by atoms with Crippen molar-refractivity contribution < 1.29 is 122 Å². The van der Waals surface area contributed by atoms with Crippen LogP contribution in [0.3, 0.4) is 0 Å². The number of aromatic hydroxyl groups is 1. The minimum atomic E-state index is -1.90. The van der Waals surface area contributed by atoms with E-state index in [0.717, 1.165) is 6.92 Å². The van der Waals surface area contributed by atoms with Crippen molar-refractivity contribution in [1.82, 2.24) is 58.5 Å². The van der Waals surface area contributed by atoms with Crippen LogP contribution in [-0.2, 0) is 99.1 Å². The van der Waals surface area contributed by atoms with Crippen LogP contribution < -0.4 is 70.0 Å². The number of primary amides is 1. The summed E-state index contributed by atoms with van der Waals surface area (Å²) in [6.45, 7) is 6.79. The Morgan fingerprint density at radius 3 is 1.12 bits per heavy atom. The number of amides is 12. The number of carbonyl (C=O) groups excluding carboxylic acids is 12. The largest absolute Gasteiger partial charge is 0.508 e. The third kappa shape index (κ3) is 33.0. The second-order valence-corrected chi connectivity index (χ2v) is 24.3. The van der Waals surface area contributed by atoms with Crippen LogP contribution in [0.2, 0.25) is 0 Å². The lowest BCUT2D eigenvalue weighted by Gasteiger charge is -2.29. The monoisotopic (exact) mass is 1440 g/mol. The lowest BCUT2D eigenvalue weighted by atomic mass is 9.97. The standard InChI is InChI=1S/C64H91N13O25/c1-6-32(4)53(77-58(95)40(20-25-51(87)88)71-56(93)38(18-23-49(83)84)72-60(97)43(27-34-10-8-7-9-11-34)76-62(99)45(29-52(89)90)68-47(80)30-65)63(100)67-33(5)54(91)69-37(17-22-48(81)82)55(92)70-39(19-24-50(85)86)57(94)75-44(28-35-12-14-36(78)15-13-35)61(98)74-42(26-31(2)3)59(96)73-41(64(101)102)16-21-46(66)79/h7-15,31-33,37-45,53,78H,6,16-30,65H2,1-5H3,(H2,66,79)(H,67,100)(H,68,80)(H,69,91)(H,70,92)(H,71,93)(H,72,97)(H,73,96)(H,74,98)(H,75,94)(H,76,99)(H,77,95)(H,81,82)(H,83,84)(H,85,86)(H,87,88)(H,89,90)(H,101,102)/t32-,33+,37-,38-,39-,40-,41-,42-,43-,44-,45-,53-/m0/s1. The van der Waals surface area contributed by atoms with E-state index in [2.05, 4.69) is 58.5 Å². The molecule has 0 aromatic heterocycles. The Kier molecular flexibility index (Phi) is 37.4. The Morgan fingerprint density at radius 1 is 0.382 bits per heavy atom. The predicted octanol–water partition coefficient (Wildman–Crippen LogP) is -4.14. The number of carboxylic acids is 6. The molecule has 2 aromatic carbocycles. The summed E-state index contributed by atoms with van der Waals surface area (Å²) in [5, 5.41) is 93.3. The highest BCUT2D eigenvalue weighted by Gasteiger charge is 2.38. The van der Waals surface area contributed by atoms with Gasteiger partial charge in [-0.3, -0.25) is 81.5 Å². The molecule has 562 valence electrons. The molecule has 0 saturated carbocycles. The van der Waals surface area contributed by atoms with Crippen LogP contribution in [0.15, 0.2) is 54.6 Å². The Morgan fingerprint density at radius 2 is 0.735 bits per heavy atom. The SMILES string of the molecule is CC[C@H](C)[C@H](NC(=O)[C@H](CCC(=O)O)NC(=O)[C@H](CCC(=O)O)NC(=O)[C@H](Cc1ccccc1)NC(=O)[C@H](CC(=O)O)NC(=O)CN)C(=O)N[C@H](C)C(=O)N[C@@H](CCC(=O)O)C(=O)N[C@@H](CCC(=O)O)C(=O)N[C@@H](Cc1ccc(O)cc1)C(=O)N[C@@H](CC(C)C)C(=O)N[C@@H](CCC(N)=O)C(=O)O.